The van der Waals surface area contributed by atoms with Crippen LogP contribution in [0.4, 0.5) is 0 Å². The molecule has 8 aromatic carbocycles. The second-order valence-electron chi connectivity index (χ2n) is 13.9. The number of benzene rings is 8. The van der Waals surface area contributed by atoms with Gasteiger partial charge in [0.15, 0.2) is 17.5 Å². The molecule has 0 spiro atoms. The fourth-order valence-corrected chi connectivity index (χ4v) is 7.98. The first-order chi connectivity index (χ1) is 27.8. The summed E-state index contributed by atoms with van der Waals surface area (Å²) in [7, 11) is 0. The smallest absolute Gasteiger partial charge is 0.164 e. The second-order valence-corrected chi connectivity index (χ2v) is 13.9. The standard InChI is InChI=1S/C51H31N3O2/c1-4-15-32(16-5-1)36-29-30-40(48-47(36)41-23-12-13-25-43(41)56-48)38-22-11-10-21-37(38)39-24-14-26-44-46(39)42-28-27-35(31-45(42)55-44)51-53-49(33-17-6-2-7-18-33)52-50(54-51)34-19-8-3-9-20-34/h1-31H. The molecule has 0 aliphatic carbocycles. The SMILES string of the molecule is c1ccc(-c2nc(-c3ccccc3)nc(-c3ccc4c(c3)oc3cccc(-c5ccccc5-c5ccc(-c6ccccc6)c6c5oc5ccccc56)c34)n2)cc1. The third-order valence-corrected chi connectivity index (χ3v) is 10.6. The Bertz CT molecular complexity index is 3180. The maximum absolute atomic E-state index is 6.73. The summed E-state index contributed by atoms with van der Waals surface area (Å²) in [5.41, 5.74) is 12.6. The number of para-hydroxylation sites is 1. The predicted octanol–water partition coefficient (Wildman–Crippen LogP) is 13.7. The van der Waals surface area contributed by atoms with Gasteiger partial charge < -0.3 is 8.83 Å². The topological polar surface area (TPSA) is 65.0 Å². The van der Waals surface area contributed by atoms with E-state index >= 15 is 0 Å². The minimum Gasteiger partial charge on any atom is -0.456 e. The lowest BCUT2D eigenvalue weighted by Gasteiger charge is -2.13. The molecule has 56 heavy (non-hydrogen) atoms. The summed E-state index contributed by atoms with van der Waals surface area (Å²) in [6.07, 6.45) is 0. The van der Waals surface area contributed by atoms with Gasteiger partial charge in [-0.25, -0.2) is 15.0 Å². The molecule has 5 heteroatoms. The molecule has 0 bridgehead atoms. The summed E-state index contributed by atoms with van der Waals surface area (Å²) >= 11 is 0. The number of rotatable bonds is 6. The minimum absolute atomic E-state index is 0.583. The summed E-state index contributed by atoms with van der Waals surface area (Å²) in [6, 6.07) is 64.4. The molecule has 0 saturated heterocycles. The Balaban J connectivity index is 1.08. The lowest BCUT2D eigenvalue weighted by atomic mass is 9.89. The second kappa shape index (κ2) is 13.0. The number of hydrogen-bond donors (Lipinski definition) is 0. The fourth-order valence-electron chi connectivity index (χ4n) is 7.98. The fraction of sp³-hybridized carbons (Fsp3) is 0. The van der Waals surface area contributed by atoms with E-state index in [1.54, 1.807) is 0 Å². The van der Waals surface area contributed by atoms with E-state index in [0.29, 0.717) is 17.5 Å². The highest BCUT2D eigenvalue weighted by atomic mass is 16.3. The highest BCUT2D eigenvalue weighted by Gasteiger charge is 2.21. The van der Waals surface area contributed by atoms with Crippen molar-refractivity contribution in [2.75, 3.05) is 0 Å². The van der Waals surface area contributed by atoms with Crippen molar-refractivity contribution in [2.24, 2.45) is 0 Å². The molecule has 0 fully saturated rings. The number of aromatic nitrogens is 3. The average Bonchev–Trinajstić information content (AvgIpc) is 3.86. The van der Waals surface area contributed by atoms with Crippen LogP contribution in [-0.4, -0.2) is 15.0 Å². The van der Waals surface area contributed by atoms with Crippen LogP contribution in [-0.2, 0) is 0 Å². The van der Waals surface area contributed by atoms with Crippen LogP contribution >= 0.6 is 0 Å². The van der Waals surface area contributed by atoms with E-state index in [-0.39, 0.29) is 0 Å². The molecule has 0 atom stereocenters. The zero-order chi connectivity index (χ0) is 37.0. The molecule has 0 saturated carbocycles. The molecule has 11 aromatic rings. The van der Waals surface area contributed by atoms with Crippen molar-refractivity contribution in [1.29, 1.82) is 0 Å². The van der Waals surface area contributed by atoms with Gasteiger partial charge in [-0.05, 0) is 58.1 Å². The summed E-state index contributed by atoms with van der Waals surface area (Å²) in [4.78, 5) is 14.8. The van der Waals surface area contributed by atoms with Gasteiger partial charge in [-0.2, -0.15) is 0 Å². The van der Waals surface area contributed by atoms with Gasteiger partial charge in [0.05, 0.1) is 0 Å². The van der Waals surface area contributed by atoms with Crippen molar-refractivity contribution in [2.45, 2.75) is 0 Å². The molecular weight excluding hydrogens is 687 g/mol. The quantitative estimate of drug-likeness (QED) is 0.171. The highest BCUT2D eigenvalue weighted by molar-refractivity contribution is 6.18. The van der Waals surface area contributed by atoms with Gasteiger partial charge in [0.25, 0.3) is 0 Å². The molecule has 262 valence electrons. The normalized spacial score (nSPS) is 11.6. The summed E-state index contributed by atoms with van der Waals surface area (Å²) in [6.45, 7) is 0. The summed E-state index contributed by atoms with van der Waals surface area (Å²) in [5.74, 6) is 1.82. The Labute approximate surface area is 322 Å². The zero-order valence-electron chi connectivity index (χ0n) is 30.1. The lowest BCUT2D eigenvalue weighted by molar-refractivity contribution is 0.669. The zero-order valence-corrected chi connectivity index (χ0v) is 30.1. The third-order valence-electron chi connectivity index (χ3n) is 10.6. The third kappa shape index (κ3) is 5.29. The Morgan fingerprint density at radius 2 is 0.804 bits per heavy atom. The molecule has 3 heterocycles. The molecule has 0 radical (unpaired) electrons. The highest BCUT2D eigenvalue weighted by Crippen LogP contribution is 2.46. The van der Waals surface area contributed by atoms with E-state index in [1.165, 1.54) is 0 Å². The van der Waals surface area contributed by atoms with Gasteiger partial charge in [0, 0.05) is 43.8 Å². The van der Waals surface area contributed by atoms with E-state index in [2.05, 4.69) is 103 Å². The van der Waals surface area contributed by atoms with Gasteiger partial charge in [0.2, 0.25) is 0 Å². The summed E-state index contributed by atoms with van der Waals surface area (Å²) in [5, 5.41) is 4.28. The molecule has 0 amide bonds. The number of hydrogen-bond acceptors (Lipinski definition) is 5. The molecule has 3 aromatic heterocycles. The monoisotopic (exact) mass is 717 g/mol. The largest absolute Gasteiger partial charge is 0.456 e. The molecule has 0 N–H and O–H groups in total. The van der Waals surface area contributed by atoms with E-state index in [9.17, 15) is 0 Å². The van der Waals surface area contributed by atoms with Crippen molar-refractivity contribution in [3.05, 3.63) is 188 Å². The van der Waals surface area contributed by atoms with Gasteiger partial charge in [0.1, 0.15) is 22.3 Å². The lowest BCUT2D eigenvalue weighted by Crippen LogP contribution is -2.00. The van der Waals surface area contributed by atoms with Crippen molar-refractivity contribution < 1.29 is 8.83 Å². The van der Waals surface area contributed by atoms with Crippen molar-refractivity contribution in [1.82, 2.24) is 15.0 Å². The van der Waals surface area contributed by atoms with Crippen LogP contribution in [0.2, 0.25) is 0 Å². The van der Waals surface area contributed by atoms with Crippen LogP contribution in [0.3, 0.4) is 0 Å². The van der Waals surface area contributed by atoms with Crippen molar-refractivity contribution >= 4 is 43.9 Å². The number of fused-ring (bicyclic) bond motifs is 6. The first kappa shape index (κ1) is 31.9. The van der Waals surface area contributed by atoms with Crippen LogP contribution in [0.5, 0.6) is 0 Å². The molecular formula is C51H31N3O2. The van der Waals surface area contributed by atoms with Crippen LogP contribution in [0.1, 0.15) is 0 Å². The van der Waals surface area contributed by atoms with E-state index in [1.807, 2.05) is 84.9 Å². The van der Waals surface area contributed by atoms with E-state index in [0.717, 1.165) is 93.9 Å². The first-order valence-electron chi connectivity index (χ1n) is 18.7. The van der Waals surface area contributed by atoms with Crippen LogP contribution in [0.25, 0.3) is 111 Å². The Kier molecular flexibility index (Phi) is 7.42. The van der Waals surface area contributed by atoms with Gasteiger partial charge in [-0.15, -0.1) is 0 Å². The minimum atomic E-state index is 0.583. The van der Waals surface area contributed by atoms with Crippen LogP contribution in [0.15, 0.2) is 197 Å². The molecule has 0 aliphatic rings. The Morgan fingerprint density at radius 1 is 0.286 bits per heavy atom. The summed E-state index contributed by atoms with van der Waals surface area (Å²) < 4.78 is 13.4. The molecule has 5 nitrogen and oxygen atoms in total. The molecule has 0 unspecified atom stereocenters. The van der Waals surface area contributed by atoms with E-state index in [4.69, 9.17) is 23.8 Å². The van der Waals surface area contributed by atoms with Gasteiger partial charge in [-0.1, -0.05) is 158 Å². The van der Waals surface area contributed by atoms with Gasteiger partial charge >= 0.3 is 0 Å². The Hall–Kier alpha value is -7.63. The van der Waals surface area contributed by atoms with Crippen molar-refractivity contribution in [3.63, 3.8) is 0 Å². The maximum atomic E-state index is 6.73. The van der Waals surface area contributed by atoms with E-state index < -0.39 is 0 Å². The predicted molar refractivity (Wildman–Crippen MR) is 227 cm³/mol. The van der Waals surface area contributed by atoms with Crippen molar-refractivity contribution in [3.8, 4) is 67.5 Å². The molecule has 11 rings (SSSR count). The number of furan rings is 2. The Morgan fingerprint density at radius 3 is 1.50 bits per heavy atom. The average molecular weight is 718 g/mol. The van der Waals surface area contributed by atoms with Crippen LogP contribution < -0.4 is 0 Å². The van der Waals surface area contributed by atoms with Gasteiger partial charge in [-0.3, -0.25) is 0 Å². The first-order valence-corrected chi connectivity index (χ1v) is 18.7. The maximum Gasteiger partial charge on any atom is 0.164 e. The molecule has 0 aliphatic heterocycles. The number of nitrogens with zero attached hydrogens (tertiary/aromatic N) is 3. The van der Waals surface area contributed by atoms with Crippen LogP contribution in [0, 0.1) is 0 Å².